The van der Waals surface area contributed by atoms with Gasteiger partial charge in [-0.2, -0.15) is 0 Å². The van der Waals surface area contributed by atoms with Crippen molar-refractivity contribution in [2.45, 2.75) is 30.5 Å². The van der Waals surface area contributed by atoms with Crippen molar-refractivity contribution in [3.8, 4) is 11.1 Å². The predicted molar refractivity (Wildman–Crippen MR) is 153 cm³/mol. The normalized spacial score (nSPS) is 22.1. The van der Waals surface area contributed by atoms with Gasteiger partial charge in [0, 0.05) is 31.3 Å². The van der Waals surface area contributed by atoms with Crippen LogP contribution < -0.4 is 5.32 Å². The quantitative estimate of drug-likeness (QED) is 0.450. The van der Waals surface area contributed by atoms with E-state index in [-0.39, 0.29) is 30.9 Å². The van der Waals surface area contributed by atoms with Crippen LogP contribution in [-0.2, 0) is 20.9 Å². The van der Waals surface area contributed by atoms with Crippen molar-refractivity contribution in [1.29, 1.82) is 0 Å². The first kappa shape index (κ1) is 26.4. The van der Waals surface area contributed by atoms with Gasteiger partial charge in [-0.25, -0.2) is 9.59 Å². The average Bonchev–Trinajstić information content (AvgIpc) is 3.69. The van der Waals surface area contributed by atoms with Crippen molar-refractivity contribution in [3.05, 3.63) is 95.6 Å². The summed E-state index contributed by atoms with van der Waals surface area (Å²) < 4.78 is 5.81. The van der Waals surface area contributed by atoms with Crippen molar-refractivity contribution in [2.24, 2.45) is 0 Å². The summed E-state index contributed by atoms with van der Waals surface area (Å²) in [6.45, 7) is 1.62. The zero-order valence-corrected chi connectivity index (χ0v) is 22.8. The van der Waals surface area contributed by atoms with Gasteiger partial charge in [-0.15, -0.1) is 11.8 Å². The molecule has 3 aromatic carbocycles. The molecule has 206 valence electrons. The number of benzene rings is 3. The molecule has 0 aromatic heterocycles. The first-order valence-corrected chi connectivity index (χ1v) is 14.6. The Morgan fingerprint density at radius 3 is 2.27 bits per heavy atom. The number of nitrogens with zero attached hydrogens (tertiary/aromatic N) is 2. The molecule has 1 unspecified atom stereocenters. The highest BCUT2D eigenvalue weighted by Crippen LogP contribution is 2.44. The molecule has 2 N–H and O–H groups in total. The number of carbonyl (C=O) groups is 3. The van der Waals surface area contributed by atoms with Crippen LogP contribution in [0.15, 0.2) is 78.9 Å². The number of fused-ring (bicyclic) bond motifs is 3. The van der Waals surface area contributed by atoms with Gasteiger partial charge in [0.25, 0.3) is 5.91 Å². The monoisotopic (exact) mass is 557 g/mol. The molecule has 0 spiro atoms. The molecule has 40 heavy (non-hydrogen) atoms. The highest BCUT2D eigenvalue weighted by molar-refractivity contribution is 7.99. The fraction of sp³-hybridized carbons (Fsp3) is 0.323. The Morgan fingerprint density at radius 2 is 1.60 bits per heavy atom. The lowest BCUT2D eigenvalue weighted by Gasteiger charge is -2.34. The number of carbonyl (C=O) groups excluding carboxylic acids is 2. The van der Waals surface area contributed by atoms with Crippen molar-refractivity contribution < 1.29 is 24.2 Å². The molecule has 6 rings (SSSR count). The molecule has 2 atom stereocenters. The number of carboxylic acids is 1. The number of nitrogens with one attached hydrogen (secondary N) is 1. The summed E-state index contributed by atoms with van der Waals surface area (Å²) in [5, 5.41) is 12.6. The SMILES string of the molecule is O=C(NC1(C(=O)N2CSC[C@H]2C(=O)O)CCN(Cc2ccccc2)C1)OCC1c2ccccc2-c2ccccc21. The maximum absolute atomic E-state index is 14.0. The number of alkyl carbamates (subject to hydrolysis) is 1. The van der Waals surface area contributed by atoms with Crippen LogP contribution in [0.5, 0.6) is 0 Å². The number of aliphatic carboxylic acids is 1. The summed E-state index contributed by atoms with van der Waals surface area (Å²) >= 11 is 1.41. The largest absolute Gasteiger partial charge is 0.480 e. The van der Waals surface area contributed by atoms with Gasteiger partial charge in [0.05, 0.1) is 5.88 Å². The van der Waals surface area contributed by atoms with Crippen molar-refractivity contribution >= 4 is 29.7 Å². The maximum Gasteiger partial charge on any atom is 0.408 e. The predicted octanol–water partition coefficient (Wildman–Crippen LogP) is 4.16. The molecule has 2 fully saturated rings. The smallest absolute Gasteiger partial charge is 0.408 e. The molecule has 3 aromatic rings. The second-order valence-corrected chi connectivity index (χ2v) is 11.6. The van der Waals surface area contributed by atoms with Crippen LogP contribution in [0.2, 0.25) is 0 Å². The molecular weight excluding hydrogens is 526 g/mol. The summed E-state index contributed by atoms with van der Waals surface area (Å²) in [5.74, 6) is -0.893. The maximum atomic E-state index is 14.0. The number of hydrogen-bond donors (Lipinski definition) is 2. The molecule has 0 saturated carbocycles. The molecule has 2 amide bonds. The third-order valence-corrected chi connectivity index (χ3v) is 9.13. The first-order chi connectivity index (χ1) is 19.4. The lowest BCUT2D eigenvalue weighted by Crippen LogP contribution is -2.62. The number of hydrogen-bond acceptors (Lipinski definition) is 6. The van der Waals surface area contributed by atoms with E-state index in [1.165, 1.54) is 16.7 Å². The fourth-order valence-electron chi connectivity index (χ4n) is 6.15. The number of carboxylic acid groups (broad SMARTS) is 1. The molecule has 1 aliphatic carbocycles. The van der Waals surface area contributed by atoms with Crippen LogP contribution >= 0.6 is 11.8 Å². The third kappa shape index (κ3) is 4.95. The van der Waals surface area contributed by atoms with Crippen molar-refractivity contribution in [2.75, 3.05) is 31.3 Å². The molecular formula is C31H31N3O5S. The summed E-state index contributed by atoms with van der Waals surface area (Å²) in [6, 6.07) is 25.3. The Hall–Kier alpha value is -3.82. The minimum atomic E-state index is -1.27. The summed E-state index contributed by atoms with van der Waals surface area (Å²) in [6.07, 6.45) is -0.299. The summed E-state index contributed by atoms with van der Waals surface area (Å²) in [4.78, 5) is 42.7. The Kier molecular flexibility index (Phi) is 7.25. The molecule has 8 nitrogen and oxygen atoms in total. The van der Waals surface area contributed by atoms with Gasteiger partial charge >= 0.3 is 12.1 Å². The van der Waals surface area contributed by atoms with Crippen LogP contribution in [0, 0.1) is 0 Å². The molecule has 3 aliphatic rings. The van der Waals surface area contributed by atoms with E-state index in [1.807, 2.05) is 54.6 Å². The molecule has 2 heterocycles. The van der Waals surface area contributed by atoms with Gasteiger partial charge in [-0.3, -0.25) is 9.69 Å². The van der Waals surface area contributed by atoms with E-state index in [4.69, 9.17) is 4.74 Å². The lowest BCUT2D eigenvalue weighted by atomic mass is 9.96. The van der Waals surface area contributed by atoms with E-state index >= 15 is 0 Å². The average molecular weight is 558 g/mol. The topological polar surface area (TPSA) is 99.2 Å². The van der Waals surface area contributed by atoms with E-state index in [9.17, 15) is 19.5 Å². The van der Waals surface area contributed by atoms with Crippen LogP contribution in [0.3, 0.4) is 0 Å². The third-order valence-electron chi connectivity index (χ3n) is 8.12. The number of likely N-dealkylation sites (tertiary alicyclic amines) is 1. The Labute approximate surface area is 237 Å². The van der Waals surface area contributed by atoms with Crippen molar-refractivity contribution in [1.82, 2.24) is 15.1 Å². The van der Waals surface area contributed by atoms with Crippen LogP contribution in [0.25, 0.3) is 11.1 Å². The Balaban J connectivity index is 1.20. The van der Waals surface area contributed by atoms with E-state index in [1.54, 1.807) is 0 Å². The molecule has 2 aliphatic heterocycles. The zero-order chi connectivity index (χ0) is 27.7. The second-order valence-electron chi connectivity index (χ2n) is 10.6. The van der Waals surface area contributed by atoms with E-state index in [2.05, 4.69) is 34.5 Å². The standard InChI is InChI=1S/C31H31N3O5S/c35-28(36)27-18-40-20-34(27)29(37)31(14-15-33(19-31)16-21-8-2-1-3-9-21)32-30(38)39-17-26-24-12-6-4-10-22(24)23-11-5-7-13-25(23)26/h1-13,26-27H,14-20H2,(H,32,38)(H,35,36)/t27-,31?/m0/s1. The Bertz CT molecular complexity index is 1390. The van der Waals surface area contributed by atoms with E-state index in [0.29, 0.717) is 25.3 Å². The van der Waals surface area contributed by atoms with Crippen LogP contribution in [-0.4, -0.2) is 75.8 Å². The summed E-state index contributed by atoms with van der Waals surface area (Å²) in [5.41, 5.74) is 4.32. The Morgan fingerprint density at radius 1 is 0.950 bits per heavy atom. The van der Waals surface area contributed by atoms with Gasteiger partial charge < -0.3 is 20.1 Å². The van der Waals surface area contributed by atoms with Crippen LogP contribution in [0.1, 0.15) is 29.0 Å². The number of ether oxygens (including phenoxy) is 1. The van der Waals surface area contributed by atoms with Gasteiger partial charge in [-0.05, 0) is 34.2 Å². The number of rotatable bonds is 7. The van der Waals surface area contributed by atoms with Gasteiger partial charge in [0.15, 0.2) is 0 Å². The lowest BCUT2D eigenvalue weighted by molar-refractivity contribution is -0.150. The number of amides is 2. The molecule has 2 saturated heterocycles. The van der Waals surface area contributed by atoms with Crippen LogP contribution in [0.4, 0.5) is 4.79 Å². The highest BCUT2D eigenvalue weighted by Gasteiger charge is 2.51. The van der Waals surface area contributed by atoms with E-state index < -0.39 is 23.6 Å². The fourth-order valence-corrected chi connectivity index (χ4v) is 7.29. The van der Waals surface area contributed by atoms with Gasteiger partial charge in [0.1, 0.15) is 18.2 Å². The zero-order valence-electron chi connectivity index (χ0n) is 22.0. The molecule has 0 bridgehead atoms. The summed E-state index contributed by atoms with van der Waals surface area (Å²) in [7, 11) is 0. The second kappa shape index (κ2) is 11.0. The van der Waals surface area contributed by atoms with Crippen molar-refractivity contribution in [3.63, 3.8) is 0 Å². The minimum Gasteiger partial charge on any atom is -0.480 e. The van der Waals surface area contributed by atoms with Gasteiger partial charge in [-0.1, -0.05) is 78.9 Å². The first-order valence-electron chi connectivity index (χ1n) is 13.5. The molecule has 9 heteroatoms. The highest BCUT2D eigenvalue weighted by atomic mass is 32.2. The number of thioether (sulfide) groups is 1. The minimum absolute atomic E-state index is 0.102. The van der Waals surface area contributed by atoms with E-state index in [0.717, 1.165) is 27.8 Å². The molecule has 0 radical (unpaired) electrons. The van der Waals surface area contributed by atoms with Gasteiger partial charge in [0.2, 0.25) is 0 Å².